The van der Waals surface area contributed by atoms with Crippen molar-refractivity contribution in [3.05, 3.63) is 84.4 Å². The van der Waals surface area contributed by atoms with E-state index in [9.17, 15) is 4.79 Å². The van der Waals surface area contributed by atoms with Gasteiger partial charge < -0.3 is 20.2 Å². The van der Waals surface area contributed by atoms with Crippen molar-refractivity contribution in [2.75, 3.05) is 24.5 Å². The Bertz CT molecular complexity index is 1290. The monoisotopic (exact) mass is 487 g/mol. The number of rotatable bonds is 7. The second-order valence-electron chi connectivity index (χ2n) is 7.87. The number of hydrogen-bond donors (Lipinski definition) is 2. The lowest BCUT2D eigenvalue weighted by Crippen LogP contribution is -2.41. The Morgan fingerprint density at radius 3 is 2.40 bits per heavy atom. The molecule has 2 atom stereocenters. The lowest BCUT2D eigenvalue weighted by molar-refractivity contribution is -0.116. The van der Waals surface area contributed by atoms with E-state index >= 15 is 0 Å². The van der Waals surface area contributed by atoms with Crippen molar-refractivity contribution >= 4 is 23.4 Å². The van der Waals surface area contributed by atoms with E-state index in [0.717, 1.165) is 22.6 Å². The van der Waals surface area contributed by atoms with Crippen LogP contribution in [0.25, 0.3) is 11.4 Å². The number of ether oxygens (including phenoxy) is 2. The molecule has 0 spiro atoms. The highest BCUT2D eigenvalue weighted by molar-refractivity contribution is 8.00. The normalized spacial score (nSPS) is 16.6. The Morgan fingerprint density at radius 2 is 1.71 bits per heavy atom. The topological polar surface area (TPSA) is 90.3 Å². The smallest absolute Gasteiger partial charge is 0.240 e. The van der Waals surface area contributed by atoms with Crippen molar-refractivity contribution in [1.29, 1.82) is 0 Å². The maximum absolute atomic E-state index is 13.5. The van der Waals surface area contributed by atoms with Crippen LogP contribution in [-0.2, 0) is 4.79 Å². The number of benzene rings is 3. The van der Waals surface area contributed by atoms with Crippen molar-refractivity contribution in [2.45, 2.75) is 23.4 Å². The summed E-state index contributed by atoms with van der Waals surface area (Å²) in [5.74, 6) is 2.07. The van der Waals surface area contributed by atoms with Gasteiger partial charge in [0.05, 0.1) is 19.8 Å². The summed E-state index contributed by atoms with van der Waals surface area (Å²) in [6.45, 7) is 2.52. The third-order valence-electron chi connectivity index (χ3n) is 5.63. The van der Waals surface area contributed by atoms with E-state index < -0.39 is 5.25 Å². The fraction of sp³-hybridized carbons (Fsp3) is 0.192. The summed E-state index contributed by atoms with van der Waals surface area (Å²) in [6.07, 6.45) is 0. The first-order valence-corrected chi connectivity index (χ1v) is 12.2. The number of nitrogens with one attached hydrogen (secondary N) is 2. The van der Waals surface area contributed by atoms with Crippen LogP contribution in [-0.4, -0.2) is 39.7 Å². The molecule has 2 heterocycles. The average molecular weight is 488 g/mol. The standard InChI is InChI=1S/C26H25N5O3S/c1-3-34-21-15-11-19(12-16-21)27-25(32)23-22(17-9-13-20(33-2)14-10-17)30-31-24(28-29-26(31)35-23)18-7-5-4-6-8-18/h4-16,22-23,30H,3H2,1-2H3,(H,27,32)/t22-,23-/m0/s1. The van der Waals surface area contributed by atoms with E-state index in [-0.39, 0.29) is 11.9 Å². The summed E-state index contributed by atoms with van der Waals surface area (Å²) >= 11 is 1.38. The third-order valence-corrected chi connectivity index (χ3v) is 6.85. The van der Waals surface area contributed by atoms with Gasteiger partial charge in [-0.15, -0.1) is 10.2 Å². The molecule has 1 aromatic heterocycles. The number of methoxy groups -OCH3 is 1. The Hall–Kier alpha value is -3.98. The first-order valence-electron chi connectivity index (χ1n) is 11.3. The molecule has 0 bridgehead atoms. The SMILES string of the molecule is CCOc1ccc(NC(=O)[C@H]2Sc3nnc(-c4ccccc4)n3N[C@H]2c2ccc(OC)cc2)cc1. The molecule has 0 unspecified atom stereocenters. The van der Waals surface area contributed by atoms with Gasteiger partial charge in [0.1, 0.15) is 16.7 Å². The molecule has 3 aromatic carbocycles. The highest BCUT2D eigenvalue weighted by atomic mass is 32.2. The van der Waals surface area contributed by atoms with Gasteiger partial charge in [0.25, 0.3) is 0 Å². The van der Waals surface area contributed by atoms with E-state index in [4.69, 9.17) is 9.47 Å². The summed E-state index contributed by atoms with van der Waals surface area (Å²) < 4.78 is 12.7. The fourth-order valence-corrected chi connectivity index (χ4v) is 4.98. The average Bonchev–Trinajstić information content (AvgIpc) is 3.33. The predicted molar refractivity (Wildman–Crippen MR) is 136 cm³/mol. The predicted octanol–water partition coefficient (Wildman–Crippen LogP) is 4.75. The number of nitrogens with zero attached hydrogens (tertiary/aromatic N) is 3. The van der Waals surface area contributed by atoms with Gasteiger partial charge in [-0.25, -0.2) is 4.68 Å². The lowest BCUT2D eigenvalue weighted by atomic mass is 10.0. The van der Waals surface area contributed by atoms with Gasteiger partial charge in [-0.3, -0.25) is 4.79 Å². The molecule has 0 saturated heterocycles. The van der Waals surface area contributed by atoms with E-state index in [2.05, 4.69) is 20.9 Å². The van der Waals surface area contributed by atoms with Crippen LogP contribution in [0.5, 0.6) is 11.5 Å². The number of fused-ring (bicyclic) bond motifs is 1. The van der Waals surface area contributed by atoms with Crippen LogP contribution in [0.15, 0.2) is 84.0 Å². The highest BCUT2D eigenvalue weighted by Gasteiger charge is 2.38. The van der Waals surface area contributed by atoms with Gasteiger partial charge in [0, 0.05) is 11.3 Å². The van der Waals surface area contributed by atoms with Gasteiger partial charge in [-0.05, 0) is 48.9 Å². The van der Waals surface area contributed by atoms with Gasteiger partial charge in [0.2, 0.25) is 11.1 Å². The summed E-state index contributed by atoms with van der Waals surface area (Å²) in [5, 5.41) is 11.9. The number of aromatic nitrogens is 3. The van der Waals surface area contributed by atoms with Crippen LogP contribution >= 0.6 is 11.8 Å². The largest absolute Gasteiger partial charge is 0.497 e. The zero-order chi connectivity index (χ0) is 24.2. The van der Waals surface area contributed by atoms with Crippen molar-refractivity contribution in [3.63, 3.8) is 0 Å². The van der Waals surface area contributed by atoms with Gasteiger partial charge in [-0.2, -0.15) is 0 Å². The van der Waals surface area contributed by atoms with Crippen molar-refractivity contribution in [2.24, 2.45) is 0 Å². The van der Waals surface area contributed by atoms with E-state index in [1.54, 1.807) is 7.11 Å². The van der Waals surface area contributed by atoms with E-state index in [1.807, 2.05) is 90.5 Å². The van der Waals surface area contributed by atoms with Crippen LogP contribution in [0.4, 0.5) is 5.69 Å². The van der Waals surface area contributed by atoms with E-state index in [0.29, 0.717) is 23.3 Å². The van der Waals surface area contributed by atoms with Gasteiger partial charge in [-0.1, -0.05) is 54.2 Å². The third kappa shape index (κ3) is 4.81. The molecule has 9 heteroatoms. The minimum atomic E-state index is -0.490. The molecule has 1 aliphatic heterocycles. The minimum Gasteiger partial charge on any atom is -0.497 e. The van der Waals surface area contributed by atoms with Crippen molar-refractivity contribution in [3.8, 4) is 22.9 Å². The molecule has 0 aliphatic carbocycles. The number of anilines is 1. The molecule has 5 rings (SSSR count). The van der Waals surface area contributed by atoms with Crippen molar-refractivity contribution < 1.29 is 14.3 Å². The number of carbonyl (C=O) groups excluding carboxylic acids is 1. The number of hydrogen-bond acceptors (Lipinski definition) is 7. The summed E-state index contributed by atoms with van der Waals surface area (Å²) in [5.41, 5.74) is 6.07. The zero-order valence-electron chi connectivity index (χ0n) is 19.3. The van der Waals surface area contributed by atoms with Gasteiger partial charge >= 0.3 is 0 Å². The van der Waals surface area contributed by atoms with Crippen LogP contribution in [0, 0.1) is 0 Å². The lowest BCUT2D eigenvalue weighted by Gasteiger charge is -2.33. The number of amides is 1. The molecule has 0 fully saturated rings. The molecule has 0 saturated carbocycles. The maximum atomic E-state index is 13.5. The molecule has 2 N–H and O–H groups in total. The molecular weight excluding hydrogens is 462 g/mol. The van der Waals surface area contributed by atoms with E-state index in [1.165, 1.54) is 11.8 Å². The molecule has 4 aromatic rings. The molecule has 178 valence electrons. The van der Waals surface area contributed by atoms with Crippen LogP contribution < -0.4 is 20.2 Å². The summed E-state index contributed by atoms with van der Waals surface area (Å²) in [6, 6.07) is 24.6. The second kappa shape index (κ2) is 10.1. The minimum absolute atomic E-state index is 0.136. The Labute approximate surface area is 207 Å². The molecule has 0 radical (unpaired) electrons. The number of thioether (sulfide) groups is 1. The Balaban J connectivity index is 1.46. The second-order valence-corrected chi connectivity index (χ2v) is 8.98. The fourth-order valence-electron chi connectivity index (χ4n) is 3.91. The summed E-state index contributed by atoms with van der Waals surface area (Å²) in [4.78, 5) is 13.5. The van der Waals surface area contributed by atoms with Crippen molar-refractivity contribution in [1.82, 2.24) is 14.9 Å². The quantitative estimate of drug-likeness (QED) is 0.389. The van der Waals surface area contributed by atoms with Crippen LogP contribution in [0.3, 0.4) is 0 Å². The zero-order valence-corrected chi connectivity index (χ0v) is 20.2. The molecule has 35 heavy (non-hydrogen) atoms. The molecule has 1 aliphatic rings. The van der Waals surface area contributed by atoms with Gasteiger partial charge in [0.15, 0.2) is 5.82 Å². The first-order chi connectivity index (χ1) is 17.2. The number of carbonyl (C=O) groups is 1. The maximum Gasteiger partial charge on any atom is 0.240 e. The molecule has 1 amide bonds. The molecule has 8 nitrogen and oxygen atoms in total. The highest BCUT2D eigenvalue weighted by Crippen LogP contribution is 2.39. The first kappa shape index (κ1) is 22.8. The Kier molecular flexibility index (Phi) is 6.58. The summed E-state index contributed by atoms with van der Waals surface area (Å²) in [7, 11) is 1.63. The van der Waals surface area contributed by atoms with Crippen LogP contribution in [0.1, 0.15) is 18.5 Å². The van der Waals surface area contributed by atoms with Crippen LogP contribution in [0.2, 0.25) is 0 Å². The molecular formula is C26H25N5O3S. The Morgan fingerprint density at radius 1 is 1.00 bits per heavy atom.